The number of benzene rings is 3. The number of rotatable bonds is 18. The number of carbonyl (C=O) groups excluding carboxylic acids is 5. The zero-order chi connectivity index (χ0) is 42.1. The molecule has 0 saturated heterocycles. The van der Waals surface area contributed by atoms with Crippen molar-refractivity contribution in [2.45, 2.75) is 103 Å². The van der Waals surface area contributed by atoms with Crippen LogP contribution in [0.4, 0.5) is 18.0 Å². The fraction of sp³-hybridized carbons (Fsp3) is 0.477. The standard InChI is InChI=1S/C44H52ClF3N2O7/c1-26(2)35(40(53)44(46,47)48)24-37(52)39(31-16-20-34(56-6)21-17-31)50-41(54)32(22-27-10-12-28(13-11-27)25-49-42(55)57-43(3,4)5)23-36(51)38(29-8-7-9-29)30-14-18-33(45)19-15-30/h10-21,26,29,32,35,38-39H,7-9,22-25H2,1-6H3,(H,49,55)(H,50,54)/t32-,35+,38?,39+/m1/s1. The van der Waals surface area contributed by atoms with E-state index < -0.39 is 71.5 Å². The van der Waals surface area contributed by atoms with Gasteiger partial charge < -0.3 is 20.1 Å². The molecule has 4 atom stereocenters. The van der Waals surface area contributed by atoms with Gasteiger partial charge >= 0.3 is 12.3 Å². The van der Waals surface area contributed by atoms with E-state index in [0.717, 1.165) is 30.4 Å². The Hall–Kier alpha value is -4.71. The second-order valence-corrected chi connectivity index (χ2v) is 16.5. The Morgan fingerprint density at radius 3 is 1.89 bits per heavy atom. The molecule has 0 radical (unpaired) electrons. The van der Waals surface area contributed by atoms with Crippen LogP contribution in [-0.2, 0) is 36.9 Å². The number of hydrogen-bond donors (Lipinski definition) is 2. The molecule has 1 aliphatic rings. The summed E-state index contributed by atoms with van der Waals surface area (Å²) >= 11 is 6.17. The summed E-state index contributed by atoms with van der Waals surface area (Å²) in [6.07, 6.45) is -3.94. The van der Waals surface area contributed by atoms with Gasteiger partial charge in [-0.05, 0) is 98.4 Å². The largest absolute Gasteiger partial charge is 0.497 e. The molecule has 1 fully saturated rings. The number of alkyl carbamates (subject to hydrolysis) is 1. The number of hydrogen-bond acceptors (Lipinski definition) is 7. The predicted molar refractivity (Wildman–Crippen MR) is 211 cm³/mol. The molecule has 4 rings (SSSR count). The van der Waals surface area contributed by atoms with E-state index in [-0.39, 0.29) is 36.7 Å². The first-order chi connectivity index (χ1) is 26.7. The van der Waals surface area contributed by atoms with Crippen molar-refractivity contribution in [2.24, 2.45) is 23.7 Å². The average molecular weight is 813 g/mol. The van der Waals surface area contributed by atoms with Gasteiger partial charge in [-0.15, -0.1) is 0 Å². The van der Waals surface area contributed by atoms with Gasteiger partial charge in [-0.1, -0.05) is 80.4 Å². The summed E-state index contributed by atoms with van der Waals surface area (Å²) in [7, 11) is 1.45. The second kappa shape index (κ2) is 19.6. The molecule has 2 N–H and O–H groups in total. The summed E-state index contributed by atoms with van der Waals surface area (Å²) in [5.74, 6) is -7.07. The Kier molecular flexibility index (Phi) is 15.5. The molecule has 1 unspecified atom stereocenters. The highest BCUT2D eigenvalue weighted by atomic mass is 35.5. The number of ketones is 3. The lowest BCUT2D eigenvalue weighted by molar-refractivity contribution is -0.177. The number of Topliss-reactive ketones (excluding diaryl/α,β-unsaturated/α-hetero) is 3. The van der Waals surface area contributed by atoms with Crippen LogP contribution in [0.3, 0.4) is 0 Å². The van der Waals surface area contributed by atoms with Gasteiger partial charge in [0.1, 0.15) is 23.2 Å². The van der Waals surface area contributed by atoms with Crippen LogP contribution < -0.4 is 15.4 Å². The molecule has 13 heteroatoms. The minimum Gasteiger partial charge on any atom is -0.497 e. The molecule has 0 bridgehead atoms. The number of amides is 2. The molecule has 0 aromatic heterocycles. The summed E-state index contributed by atoms with van der Waals surface area (Å²) in [5, 5.41) is 5.99. The minimum atomic E-state index is -5.15. The first-order valence-corrected chi connectivity index (χ1v) is 19.5. The summed E-state index contributed by atoms with van der Waals surface area (Å²) in [6.45, 7) is 8.32. The van der Waals surface area contributed by atoms with Crippen molar-refractivity contribution in [2.75, 3.05) is 7.11 Å². The number of methoxy groups -OCH3 is 1. The smallest absolute Gasteiger partial charge is 0.450 e. The van der Waals surface area contributed by atoms with E-state index in [2.05, 4.69) is 10.6 Å². The summed E-state index contributed by atoms with van der Waals surface area (Å²) in [4.78, 5) is 67.4. The third-order valence-corrected chi connectivity index (χ3v) is 10.5. The van der Waals surface area contributed by atoms with Crippen molar-refractivity contribution in [3.05, 3.63) is 100 Å². The Labute approximate surface area is 337 Å². The molecule has 1 aliphatic carbocycles. The molecule has 0 spiro atoms. The zero-order valence-electron chi connectivity index (χ0n) is 33.2. The van der Waals surface area contributed by atoms with E-state index in [1.54, 1.807) is 69.3 Å². The van der Waals surface area contributed by atoms with Crippen molar-refractivity contribution < 1.29 is 46.6 Å². The maximum absolute atomic E-state index is 14.5. The van der Waals surface area contributed by atoms with Crippen LogP contribution in [0, 0.1) is 23.7 Å². The fourth-order valence-corrected chi connectivity index (χ4v) is 7.07. The van der Waals surface area contributed by atoms with Gasteiger partial charge in [-0.3, -0.25) is 19.2 Å². The van der Waals surface area contributed by atoms with Gasteiger partial charge in [-0.25, -0.2) is 4.79 Å². The lowest BCUT2D eigenvalue weighted by Crippen LogP contribution is -2.42. The minimum absolute atomic E-state index is 0.0758. The van der Waals surface area contributed by atoms with Crippen molar-refractivity contribution in [1.29, 1.82) is 0 Å². The third-order valence-electron chi connectivity index (χ3n) is 10.3. The molecule has 1 saturated carbocycles. The van der Waals surface area contributed by atoms with Crippen LogP contribution >= 0.6 is 11.6 Å². The number of nitrogens with one attached hydrogen (secondary N) is 2. The third kappa shape index (κ3) is 13.2. The summed E-state index contributed by atoms with van der Waals surface area (Å²) in [5.41, 5.74) is 1.85. The number of ether oxygens (including phenoxy) is 2. The SMILES string of the molecule is COc1ccc([C@H](NC(=O)[C@@H](CC(=O)C(c2ccc(Cl)cc2)C2CCC2)Cc2ccc(CNC(=O)OC(C)(C)C)cc2)C(=O)C[C@H](C(=O)C(F)(F)F)C(C)C)cc1. The van der Waals surface area contributed by atoms with Crippen LogP contribution in [0.1, 0.15) is 101 Å². The zero-order valence-corrected chi connectivity index (χ0v) is 34.0. The van der Waals surface area contributed by atoms with E-state index in [1.807, 2.05) is 12.1 Å². The molecule has 3 aromatic carbocycles. The van der Waals surface area contributed by atoms with Gasteiger partial charge in [0, 0.05) is 42.2 Å². The van der Waals surface area contributed by atoms with Gasteiger partial charge in [-0.2, -0.15) is 13.2 Å². The Morgan fingerprint density at radius 2 is 1.39 bits per heavy atom. The molecule has 0 heterocycles. The van der Waals surface area contributed by atoms with Crippen LogP contribution in [0.25, 0.3) is 0 Å². The molecule has 9 nitrogen and oxygen atoms in total. The average Bonchev–Trinajstić information content (AvgIpc) is 3.12. The van der Waals surface area contributed by atoms with Crippen molar-refractivity contribution in [1.82, 2.24) is 10.6 Å². The highest BCUT2D eigenvalue weighted by Gasteiger charge is 2.46. The number of carbonyl (C=O) groups is 5. The van der Waals surface area contributed by atoms with E-state index in [1.165, 1.54) is 33.1 Å². The normalized spacial score (nSPS) is 15.4. The highest BCUT2D eigenvalue weighted by Crippen LogP contribution is 2.41. The molecule has 308 valence electrons. The van der Waals surface area contributed by atoms with E-state index in [4.69, 9.17) is 21.1 Å². The Balaban J connectivity index is 1.66. The van der Waals surface area contributed by atoms with E-state index >= 15 is 0 Å². The van der Waals surface area contributed by atoms with Gasteiger partial charge in [0.2, 0.25) is 11.7 Å². The maximum Gasteiger partial charge on any atom is 0.450 e. The first-order valence-electron chi connectivity index (χ1n) is 19.2. The van der Waals surface area contributed by atoms with Crippen molar-refractivity contribution in [3.63, 3.8) is 0 Å². The molecule has 0 aliphatic heterocycles. The molecule has 3 aromatic rings. The van der Waals surface area contributed by atoms with E-state index in [0.29, 0.717) is 16.3 Å². The summed E-state index contributed by atoms with van der Waals surface area (Å²) in [6, 6.07) is 18.9. The first kappa shape index (κ1) is 45.0. The van der Waals surface area contributed by atoms with Crippen LogP contribution in [0.15, 0.2) is 72.8 Å². The topological polar surface area (TPSA) is 128 Å². The molecule has 57 heavy (non-hydrogen) atoms. The predicted octanol–water partition coefficient (Wildman–Crippen LogP) is 9.30. The van der Waals surface area contributed by atoms with Crippen molar-refractivity contribution in [3.8, 4) is 5.75 Å². The van der Waals surface area contributed by atoms with Crippen LogP contribution in [-0.4, -0.2) is 48.2 Å². The summed E-state index contributed by atoms with van der Waals surface area (Å²) < 4.78 is 51.4. The second-order valence-electron chi connectivity index (χ2n) is 16.1. The van der Waals surface area contributed by atoms with E-state index in [9.17, 15) is 37.1 Å². The Morgan fingerprint density at radius 1 is 0.807 bits per heavy atom. The molecule has 2 amide bonds. The van der Waals surface area contributed by atoms with Crippen LogP contribution in [0.2, 0.25) is 5.02 Å². The number of alkyl halides is 3. The lowest BCUT2D eigenvalue weighted by atomic mass is 9.70. The van der Waals surface area contributed by atoms with Gasteiger partial charge in [0.25, 0.3) is 0 Å². The number of halogens is 4. The fourth-order valence-electron chi connectivity index (χ4n) is 6.94. The lowest BCUT2D eigenvalue weighted by Gasteiger charge is -2.34. The van der Waals surface area contributed by atoms with Gasteiger partial charge in [0.05, 0.1) is 7.11 Å². The maximum atomic E-state index is 14.5. The van der Waals surface area contributed by atoms with Crippen LogP contribution in [0.5, 0.6) is 5.75 Å². The van der Waals surface area contributed by atoms with Gasteiger partial charge in [0.15, 0.2) is 5.78 Å². The quantitative estimate of drug-likeness (QED) is 0.131. The Bertz CT molecular complexity index is 1850. The molecular formula is C44H52ClF3N2O7. The highest BCUT2D eigenvalue weighted by molar-refractivity contribution is 6.30. The molecular weight excluding hydrogens is 761 g/mol. The monoisotopic (exact) mass is 812 g/mol. The van der Waals surface area contributed by atoms with Crippen molar-refractivity contribution >= 4 is 41.0 Å².